The normalized spacial score (nSPS) is 10.8. The molecule has 3 aromatic carbocycles. The molecular weight excluding hydrogens is 428 g/mol. The fourth-order valence-electron chi connectivity index (χ4n) is 3.68. The Hall–Kier alpha value is -4.26. The number of carbonyl (C=O) groups excluding carboxylic acids is 1. The van der Waals surface area contributed by atoms with Crippen LogP contribution in [0.15, 0.2) is 82.4 Å². The van der Waals surface area contributed by atoms with E-state index in [0.29, 0.717) is 5.69 Å². The van der Waals surface area contributed by atoms with Gasteiger partial charge < -0.3 is 5.32 Å². The Morgan fingerprint density at radius 1 is 0.853 bits per heavy atom. The first kappa shape index (κ1) is 22.9. The Morgan fingerprint density at radius 2 is 1.59 bits per heavy atom. The molecule has 7 nitrogen and oxygen atoms in total. The molecule has 0 bridgehead atoms. The molecule has 0 saturated carbocycles. The number of amides is 1. The zero-order valence-corrected chi connectivity index (χ0v) is 19.4. The predicted molar refractivity (Wildman–Crippen MR) is 131 cm³/mol. The topological polar surface area (TPSA) is 86.0 Å². The van der Waals surface area contributed by atoms with Crippen LogP contribution in [-0.2, 0) is 13.1 Å². The van der Waals surface area contributed by atoms with Crippen molar-refractivity contribution in [3.05, 3.63) is 127 Å². The molecule has 1 amide bonds. The van der Waals surface area contributed by atoms with E-state index in [0.717, 1.165) is 37.1 Å². The average molecular weight is 455 g/mol. The molecule has 7 heteroatoms. The third kappa shape index (κ3) is 4.88. The molecule has 1 aromatic heterocycles. The maximum atomic E-state index is 13.4. The lowest BCUT2D eigenvalue weighted by atomic mass is 10.1. The van der Waals surface area contributed by atoms with Crippen LogP contribution in [0, 0.1) is 20.8 Å². The summed E-state index contributed by atoms with van der Waals surface area (Å²) in [6, 6.07) is 22.4. The maximum absolute atomic E-state index is 13.4. The summed E-state index contributed by atoms with van der Waals surface area (Å²) in [7, 11) is 0. The Kier molecular flexibility index (Phi) is 6.54. The lowest BCUT2D eigenvalue weighted by Crippen LogP contribution is -2.46. The Balaban J connectivity index is 1.81. The molecule has 1 N–H and O–H groups in total. The SMILES string of the molecule is Cc1cccc(Cn2c(=O)c(C(=O)NCc3ccccc3)nn(-c3ccc(C)c(C)c3)c2=O)c1. The van der Waals surface area contributed by atoms with Crippen molar-refractivity contribution >= 4 is 5.91 Å². The zero-order chi connectivity index (χ0) is 24.2. The molecule has 0 spiro atoms. The number of nitrogens with zero attached hydrogens (tertiary/aromatic N) is 3. The third-order valence-corrected chi connectivity index (χ3v) is 5.73. The second-order valence-corrected chi connectivity index (χ2v) is 8.36. The van der Waals surface area contributed by atoms with E-state index >= 15 is 0 Å². The van der Waals surface area contributed by atoms with Crippen molar-refractivity contribution in [2.24, 2.45) is 0 Å². The molecule has 0 aliphatic carbocycles. The summed E-state index contributed by atoms with van der Waals surface area (Å²) in [5, 5.41) is 6.95. The molecule has 0 radical (unpaired) electrons. The predicted octanol–water partition coefficient (Wildman–Crippen LogP) is 3.30. The van der Waals surface area contributed by atoms with Gasteiger partial charge in [0.1, 0.15) is 0 Å². The molecule has 4 aromatic rings. The van der Waals surface area contributed by atoms with Gasteiger partial charge in [-0.3, -0.25) is 14.2 Å². The number of hydrogen-bond donors (Lipinski definition) is 1. The highest BCUT2D eigenvalue weighted by atomic mass is 16.2. The number of carbonyl (C=O) groups is 1. The number of rotatable bonds is 6. The van der Waals surface area contributed by atoms with Gasteiger partial charge in [0.15, 0.2) is 0 Å². The van der Waals surface area contributed by atoms with Gasteiger partial charge in [-0.2, -0.15) is 9.78 Å². The number of aromatic nitrogens is 3. The van der Waals surface area contributed by atoms with E-state index in [1.807, 2.05) is 87.5 Å². The fourth-order valence-corrected chi connectivity index (χ4v) is 3.68. The van der Waals surface area contributed by atoms with Crippen molar-refractivity contribution in [2.45, 2.75) is 33.9 Å². The first-order valence-corrected chi connectivity index (χ1v) is 11.0. The van der Waals surface area contributed by atoms with Crippen LogP contribution in [0.2, 0.25) is 0 Å². The van der Waals surface area contributed by atoms with Crippen molar-refractivity contribution in [3.63, 3.8) is 0 Å². The van der Waals surface area contributed by atoms with Gasteiger partial charge in [0, 0.05) is 6.54 Å². The van der Waals surface area contributed by atoms with Crippen molar-refractivity contribution in [1.82, 2.24) is 19.7 Å². The van der Waals surface area contributed by atoms with Gasteiger partial charge in [-0.05, 0) is 55.2 Å². The molecule has 34 heavy (non-hydrogen) atoms. The molecular formula is C27H26N4O3. The van der Waals surface area contributed by atoms with Crippen molar-refractivity contribution in [3.8, 4) is 5.69 Å². The molecule has 4 rings (SSSR count). The van der Waals surface area contributed by atoms with Crippen molar-refractivity contribution in [2.75, 3.05) is 0 Å². The molecule has 172 valence electrons. The van der Waals surface area contributed by atoms with Gasteiger partial charge in [0.05, 0.1) is 12.2 Å². The second-order valence-electron chi connectivity index (χ2n) is 8.36. The highest BCUT2D eigenvalue weighted by Gasteiger charge is 2.20. The van der Waals surface area contributed by atoms with E-state index in [-0.39, 0.29) is 18.8 Å². The van der Waals surface area contributed by atoms with E-state index in [9.17, 15) is 14.4 Å². The third-order valence-electron chi connectivity index (χ3n) is 5.73. The van der Waals surface area contributed by atoms with Crippen LogP contribution in [0.1, 0.15) is 38.3 Å². The molecule has 0 saturated heterocycles. The van der Waals surface area contributed by atoms with Crippen LogP contribution in [0.5, 0.6) is 0 Å². The van der Waals surface area contributed by atoms with Crippen LogP contribution in [0.25, 0.3) is 5.69 Å². The molecule has 0 aliphatic heterocycles. The monoisotopic (exact) mass is 454 g/mol. The number of aryl methyl sites for hydroxylation is 3. The van der Waals surface area contributed by atoms with E-state index in [2.05, 4.69) is 10.4 Å². The molecule has 0 unspecified atom stereocenters. The van der Waals surface area contributed by atoms with Crippen LogP contribution in [-0.4, -0.2) is 20.3 Å². The van der Waals surface area contributed by atoms with Crippen LogP contribution < -0.4 is 16.6 Å². The average Bonchev–Trinajstić information content (AvgIpc) is 2.83. The lowest BCUT2D eigenvalue weighted by Gasteiger charge is -2.13. The summed E-state index contributed by atoms with van der Waals surface area (Å²) in [6.45, 7) is 6.11. The van der Waals surface area contributed by atoms with Gasteiger partial charge in [-0.25, -0.2) is 4.79 Å². The summed E-state index contributed by atoms with van der Waals surface area (Å²) in [4.78, 5) is 39.6. The van der Waals surface area contributed by atoms with Crippen molar-refractivity contribution < 1.29 is 4.79 Å². The Bertz CT molecular complexity index is 1470. The summed E-state index contributed by atoms with van der Waals surface area (Å²) in [5.74, 6) is -0.635. The highest BCUT2D eigenvalue weighted by Crippen LogP contribution is 2.12. The second kappa shape index (κ2) is 9.70. The first-order valence-electron chi connectivity index (χ1n) is 11.0. The van der Waals surface area contributed by atoms with Gasteiger partial charge >= 0.3 is 5.69 Å². The minimum Gasteiger partial charge on any atom is -0.346 e. The van der Waals surface area contributed by atoms with Crippen LogP contribution in [0.4, 0.5) is 0 Å². The first-order chi connectivity index (χ1) is 16.3. The van der Waals surface area contributed by atoms with E-state index in [1.165, 1.54) is 0 Å². The van der Waals surface area contributed by atoms with E-state index in [4.69, 9.17) is 0 Å². The van der Waals surface area contributed by atoms with E-state index < -0.39 is 17.2 Å². The number of hydrogen-bond acceptors (Lipinski definition) is 4. The minimum atomic E-state index is -0.725. The summed E-state index contributed by atoms with van der Waals surface area (Å²) >= 11 is 0. The summed E-state index contributed by atoms with van der Waals surface area (Å²) < 4.78 is 2.19. The van der Waals surface area contributed by atoms with Crippen LogP contribution >= 0.6 is 0 Å². The molecule has 0 fully saturated rings. The molecule has 0 atom stereocenters. The minimum absolute atomic E-state index is 0.0334. The largest absolute Gasteiger partial charge is 0.352 e. The fraction of sp³-hybridized carbons (Fsp3) is 0.185. The molecule has 1 heterocycles. The summed E-state index contributed by atoms with van der Waals surface area (Å²) in [5.41, 5.74) is 3.54. The smallest absolute Gasteiger partial charge is 0.346 e. The lowest BCUT2D eigenvalue weighted by molar-refractivity contribution is 0.0941. The Morgan fingerprint density at radius 3 is 2.29 bits per heavy atom. The van der Waals surface area contributed by atoms with Gasteiger partial charge in [-0.1, -0.05) is 66.2 Å². The molecule has 0 aliphatic rings. The van der Waals surface area contributed by atoms with Crippen LogP contribution in [0.3, 0.4) is 0 Å². The van der Waals surface area contributed by atoms with Crippen molar-refractivity contribution in [1.29, 1.82) is 0 Å². The van der Waals surface area contributed by atoms with Gasteiger partial charge in [0.25, 0.3) is 11.5 Å². The summed E-state index contributed by atoms with van der Waals surface area (Å²) in [6.07, 6.45) is 0. The Labute approximate surface area is 197 Å². The maximum Gasteiger partial charge on any atom is 0.352 e. The van der Waals surface area contributed by atoms with E-state index in [1.54, 1.807) is 6.07 Å². The van der Waals surface area contributed by atoms with Gasteiger partial charge in [0.2, 0.25) is 5.69 Å². The standard InChI is InChI=1S/C27H26N4O3/c1-18-8-7-11-22(14-18)17-30-26(33)24(25(32)28-16-21-9-5-4-6-10-21)29-31(27(30)34)23-13-12-19(2)20(3)15-23/h4-15H,16-17H2,1-3H3,(H,28,32). The zero-order valence-electron chi connectivity index (χ0n) is 19.4. The van der Waals surface area contributed by atoms with Gasteiger partial charge in [-0.15, -0.1) is 0 Å². The quantitative estimate of drug-likeness (QED) is 0.484. The number of benzene rings is 3. The number of nitrogens with one attached hydrogen (secondary N) is 1. The highest BCUT2D eigenvalue weighted by molar-refractivity contribution is 5.91.